The van der Waals surface area contributed by atoms with Crippen LogP contribution in [0.15, 0.2) is 42.5 Å². The molecule has 3 nitrogen and oxygen atoms in total. The summed E-state index contributed by atoms with van der Waals surface area (Å²) in [4.78, 5) is 0. The van der Waals surface area contributed by atoms with Gasteiger partial charge in [0.15, 0.2) is 5.11 Å². The lowest BCUT2D eigenvalue weighted by molar-refractivity contribution is -0.0498. The van der Waals surface area contributed by atoms with E-state index in [4.69, 9.17) is 23.8 Å². The van der Waals surface area contributed by atoms with Crippen molar-refractivity contribution >= 4 is 34.6 Å². The Morgan fingerprint density at radius 3 is 2.52 bits per heavy atom. The summed E-state index contributed by atoms with van der Waals surface area (Å²) in [6.45, 7) is -0.426. The summed E-state index contributed by atoms with van der Waals surface area (Å²) in [7, 11) is 0. The molecule has 0 heterocycles. The summed E-state index contributed by atoms with van der Waals surface area (Å²) in [5.41, 5.74) is 2.74. The second kappa shape index (κ2) is 8.08. The van der Waals surface area contributed by atoms with Crippen LogP contribution in [-0.2, 0) is 6.54 Å². The second-order valence-electron chi connectivity index (χ2n) is 4.79. The molecule has 0 saturated carbocycles. The van der Waals surface area contributed by atoms with Crippen LogP contribution in [0.3, 0.4) is 0 Å². The van der Waals surface area contributed by atoms with Crippen molar-refractivity contribution in [1.82, 2.24) is 5.32 Å². The van der Waals surface area contributed by atoms with Gasteiger partial charge in [-0.15, -0.1) is 0 Å². The molecule has 0 unspecified atom stereocenters. The van der Waals surface area contributed by atoms with Crippen LogP contribution >= 0.6 is 23.8 Å². The minimum atomic E-state index is -2.82. The molecule has 2 aromatic rings. The Balaban J connectivity index is 1.86. The van der Waals surface area contributed by atoms with Gasteiger partial charge in [0.05, 0.1) is 0 Å². The molecule has 2 rings (SSSR count). The van der Waals surface area contributed by atoms with E-state index in [1.165, 1.54) is 12.1 Å². The first kappa shape index (κ1) is 17.4. The average molecular weight is 357 g/mol. The monoisotopic (exact) mass is 356 g/mol. The topological polar surface area (TPSA) is 33.3 Å². The maximum absolute atomic E-state index is 12.1. The molecule has 0 aliphatic rings. The lowest BCUT2D eigenvalue weighted by Crippen LogP contribution is -2.28. The highest BCUT2D eigenvalue weighted by atomic mass is 35.5. The van der Waals surface area contributed by atoms with Crippen molar-refractivity contribution in [2.75, 3.05) is 5.32 Å². The van der Waals surface area contributed by atoms with E-state index in [0.717, 1.165) is 16.8 Å². The standard InChI is InChI=1S/C16H15ClF2N2OS/c1-10-8-12(17)4-7-14(10)21-16(23)20-9-11-2-5-13(6-3-11)22-15(18)19/h2-8,15H,9H2,1H3,(H2,20,21,23). The third-order valence-corrected chi connectivity index (χ3v) is 3.52. The molecule has 122 valence electrons. The van der Waals surface area contributed by atoms with E-state index in [-0.39, 0.29) is 5.75 Å². The van der Waals surface area contributed by atoms with Crippen molar-refractivity contribution in [2.24, 2.45) is 0 Å². The van der Waals surface area contributed by atoms with E-state index < -0.39 is 6.61 Å². The minimum absolute atomic E-state index is 0.126. The van der Waals surface area contributed by atoms with Gasteiger partial charge < -0.3 is 15.4 Å². The van der Waals surface area contributed by atoms with Gasteiger partial charge >= 0.3 is 6.61 Å². The average Bonchev–Trinajstić information content (AvgIpc) is 2.49. The van der Waals surface area contributed by atoms with Crippen molar-refractivity contribution in [3.05, 3.63) is 58.6 Å². The van der Waals surface area contributed by atoms with E-state index in [0.29, 0.717) is 16.7 Å². The van der Waals surface area contributed by atoms with Crippen LogP contribution in [0.1, 0.15) is 11.1 Å². The zero-order valence-electron chi connectivity index (χ0n) is 12.3. The van der Waals surface area contributed by atoms with Gasteiger partial charge in [0.1, 0.15) is 5.75 Å². The zero-order valence-corrected chi connectivity index (χ0v) is 13.8. The fourth-order valence-electron chi connectivity index (χ4n) is 1.90. The molecule has 23 heavy (non-hydrogen) atoms. The zero-order chi connectivity index (χ0) is 16.8. The highest BCUT2D eigenvalue weighted by Crippen LogP contribution is 2.19. The maximum atomic E-state index is 12.1. The van der Waals surface area contributed by atoms with Crippen LogP contribution in [0, 0.1) is 6.92 Å². The van der Waals surface area contributed by atoms with Crippen LogP contribution < -0.4 is 15.4 Å². The number of anilines is 1. The van der Waals surface area contributed by atoms with Crippen LogP contribution in [0.5, 0.6) is 5.75 Å². The molecule has 2 N–H and O–H groups in total. The molecule has 0 fully saturated rings. The third-order valence-electron chi connectivity index (χ3n) is 3.04. The Bertz CT molecular complexity index is 680. The maximum Gasteiger partial charge on any atom is 0.387 e. The molecule has 0 amide bonds. The first-order valence-electron chi connectivity index (χ1n) is 6.79. The van der Waals surface area contributed by atoms with E-state index in [1.54, 1.807) is 18.2 Å². The summed E-state index contributed by atoms with van der Waals surface area (Å²) in [6.07, 6.45) is 0. The fraction of sp³-hybridized carbons (Fsp3) is 0.188. The van der Waals surface area contributed by atoms with Gasteiger partial charge in [-0.3, -0.25) is 0 Å². The Hall–Kier alpha value is -1.92. The molecule has 0 aliphatic heterocycles. The Kier molecular flexibility index (Phi) is 6.12. The second-order valence-corrected chi connectivity index (χ2v) is 5.63. The van der Waals surface area contributed by atoms with Gasteiger partial charge in [-0.05, 0) is 60.6 Å². The van der Waals surface area contributed by atoms with Crippen molar-refractivity contribution in [3.8, 4) is 5.75 Å². The first-order chi connectivity index (χ1) is 10.9. The Labute approximate surface area is 143 Å². The normalized spacial score (nSPS) is 10.5. The molecule has 0 atom stereocenters. The SMILES string of the molecule is Cc1cc(Cl)ccc1NC(=S)NCc1ccc(OC(F)F)cc1. The summed E-state index contributed by atoms with van der Waals surface area (Å²) >= 11 is 11.1. The largest absolute Gasteiger partial charge is 0.435 e. The smallest absolute Gasteiger partial charge is 0.387 e. The first-order valence-corrected chi connectivity index (χ1v) is 7.57. The number of nitrogens with one attached hydrogen (secondary N) is 2. The highest BCUT2D eigenvalue weighted by molar-refractivity contribution is 7.80. The Morgan fingerprint density at radius 1 is 1.22 bits per heavy atom. The molecule has 0 bridgehead atoms. The molecule has 0 saturated heterocycles. The summed E-state index contributed by atoms with van der Waals surface area (Å²) in [5.74, 6) is 0.126. The van der Waals surface area contributed by atoms with E-state index in [2.05, 4.69) is 15.4 Å². The van der Waals surface area contributed by atoms with Crippen LogP contribution in [0.2, 0.25) is 5.02 Å². The molecule has 0 aliphatic carbocycles. The number of thiocarbonyl (C=S) groups is 1. The Morgan fingerprint density at radius 2 is 1.91 bits per heavy atom. The number of halogens is 3. The van der Waals surface area contributed by atoms with Gasteiger partial charge in [-0.2, -0.15) is 8.78 Å². The van der Waals surface area contributed by atoms with Crippen LogP contribution in [0.4, 0.5) is 14.5 Å². The lowest BCUT2D eigenvalue weighted by atomic mass is 10.2. The highest BCUT2D eigenvalue weighted by Gasteiger charge is 2.05. The van der Waals surface area contributed by atoms with Crippen molar-refractivity contribution in [3.63, 3.8) is 0 Å². The number of benzene rings is 2. The summed E-state index contributed by atoms with van der Waals surface area (Å²) in [5, 5.41) is 7.26. The van der Waals surface area contributed by atoms with Gasteiger partial charge in [0, 0.05) is 17.3 Å². The van der Waals surface area contributed by atoms with Crippen LogP contribution in [0.25, 0.3) is 0 Å². The van der Waals surface area contributed by atoms with E-state index in [9.17, 15) is 8.78 Å². The molecular formula is C16H15ClF2N2OS. The lowest BCUT2D eigenvalue weighted by Gasteiger charge is -2.13. The number of hydrogen-bond acceptors (Lipinski definition) is 2. The van der Waals surface area contributed by atoms with Crippen molar-refractivity contribution < 1.29 is 13.5 Å². The molecular weight excluding hydrogens is 342 g/mol. The number of alkyl halides is 2. The predicted molar refractivity (Wildman–Crippen MR) is 92.3 cm³/mol. The predicted octanol–water partition coefficient (Wildman–Crippen LogP) is 4.74. The van der Waals surface area contributed by atoms with Crippen LogP contribution in [-0.4, -0.2) is 11.7 Å². The van der Waals surface area contributed by atoms with E-state index >= 15 is 0 Å². The fourth-order valence-corrected chi connectivity index (χ4v) is 2.31. The number of rotatable bonds is 5. The summed E-state index contributed by atoms with van der Waals surface area (Å²) < 4.78 is 28.4. The minimum Gasteiger partial charge on any atom is -0.435 e. The number of aryl methyl sites for hydroxylation is 1. The molecule has 7 heteroatoms. The third kappa shape index (κ3) is 5.65. The molecule has 2 aromatic carbocycles. The van der Waals surface area contributed by atoms with Crippen molar-refractivity contribution in [2.45, 2.75) is 20.1 Å². The number of ether oxygens (including phenoxy) is 1. The van der Waals surface area contributed by atoms with Gasteiger partial charge in [0.25, 0.3) is 0 Å². The van der Waals surface area contributed by atoms with Gasteiger partial charge in [-0.1, -0.05) is 23.7 Å². The van der Waals surface area contributed by atoms with E-state index in [1.807, 2.05) is 19.1 Å². The van der Waals surface area contributed by atoms with Gasteiger partial charge in [0.2, 0.25) is 0 Å². The van der Waals surface area contributed by atoms with Gasteiger partial charge in [-0.25, -0.2) is 0 Å². The quantitative estimate of drug-likeness (QED) is 0.758. The molecule has 0 spiro atoms. The summed E-state index contributed by atoms with van der Waals surface area (Å²) in [6, 6.07) is 11.8. The van der Waals surface area contributed by atoms with Crippen molar-refractivity contribution in [1.29, 1.82) is 0 Å². The molecule has 0 aromatic heterocycles. The number of hydrogen-bond donors (Lipinski definition) is 2. The molecule has 0 radical (unpaired) electrons.